The Hall–Kier alpha value is -0.0800. The maximum Gasteiger partial charge on any atom is 0.0110 e. The first-order valence-corrected chi connectivity index (χ1v) is 9.13. The zero-order valence-electron chi connectivity index (χ0n) is 14.7. The minimum absolute atomic E-state index is 0.691. The van der Waals surface area contributed by atoms with Crippen LogP contribution >= 0.6 is 0 Å². The van der Waals surface area contributed by atoms with Crippen molar-refractivity contribution >= 4 is 0 Å². The van der Waals surface area contributed by atoms with Gasteiger partial charge in [0.1, 0.15) is 0 Å². The molecule has 0 aromatic heterocycles. The molecule has 0 amide bonds. The summed E-state index contributed by atoms with van der Waals surface area (Å²) >= 11 is 0. The highest BCUT2D eigenvalue weighted by atomic mass is 15.2. The number of hydrogen-bond donors (Lipinski definition) is 1. The summed E-state index contributed by atoms with van der Waals surface area (Å²) in [6, 6.07) is 1.38. The number of hydrogen-bond acceptors (Lipinski definition) is 2. The van der Waals surface area contributed by atoms with Crippen LogP contribution in [-0.2, 0) is 0 Å². The Kier molecular flexibility index (Phi) is 13.8. The average molecular weight is 285 g/mol. The van der Waals surface area contributed by atoms with Crippen LogP contribution in [0.25, 0.3) is 0 Å². The molecule has 20 heavy (non-hydrogen) atoms. The van der Waals surface area contributed by atoms with Gasteiger partial charge in [-0.2, -0.15) is 0 Å². The average Bonchev–Trinajstić information content (AvgIpc) is 2.45. The molecule has 0 bridgehead atoms. The first-order chi connectivity index (χ1) is 9.67. The van der Waals surface area contributed by atoms with Crippen LogP contribution in [0.3, 0.4) is 0 Å². The molecule has 0 aromatic rings. The van der Waals surface area contributed by atoms with E-state index >= 15 is 0 Å². The Balaban J connectivity index is 4.02. The third kappa shape index (κ3) is 9.77. The summed E-state index contributed by atoms with van der Waals surface area (Å²) in [5.41, 5.74) is 5.82. The van der Waals surface area contributed by atoms with E-state index in [9.17, 15) is 0 Å². The molecule has 0 aliphatic heterocycles. The lowest BCUT2D eigenvalue weighted by molar-refractivity contribution is 0.139. The van der Waals surface area contributed by atoms with Crippen LogP contribution in [0.2, 0.25) is 0 Å². The van der Waals surface area contributed by atoms with E-state index in [1.165, 1.54) is 64.2 Å². The topological polar surface area (TPSA) is 29.3 Å². The molecular formula is C18H40N2. The number of rotatable bonds is 14. The van der Waals surface area contributed by atoms with Crippen LogP contribution in [0.5, 0.6) is 0 Å². The molecule has 0 saturated heterocycles. The van der Waals surface area contributed by atoms with Crippen LogP contribution in [-0.4, -0.2) is 30.1 Å². The third-order valence-electron chi connectivity index (χ3n) is 4.47. The van der Waals surface area contributed by atoms with Gasteiger partial charge in [0.25, 0.3) is 0 Å². The van der Waals surface area contributed by atoms with Crippen molar-refractivity contribution in [3.05, 3.63) is 0 Å². The highest BCUT2D eigenvalue weighted by Gasteiger charge is 2.18. The molecule has 2 atom stereocenters. The molecule has 0 rings (SSSR count). The number of nitrogens with zero attached hydrogens (tertiary/aromatic N) is 1. The van der Waals surface area contributed by atoms with Gasteiger partial charge in [-0.15, -0.1) is 0 Å². The number of nitrogens with two attached hydrogens (primary N) is 1. The summed E-state index contributed by atoms with van der Waals surface area (Å²) in [5.74, 6) is 0. The largest absolute Gasteiger partial charge is 0.329 e. The van der Waals surface area contributed by atoms with Crippen LogP contribution in [0, 0.1) is 0 Å². The van der Waals surface area contributed by atoms with E-state index in [4.69, 9.17) is 5.73 Å². The monoisotopic (exact) mass is 284 g/mol. The molecular weight excluding hydrogens is 244 g/mol. The molecule has 0 heterocycles. The fraction of sp³-hybridized carbons (Fsp3) is 1.00. The van der Waals surface area contributed by atoms with E-state index in [0.29, 0.717) is 12.1 Å². The SMILES string of the molecule is CCCCCCC(C)N(CCN)C(C)CCCCCC. The molecule has 0 spiro atoms. The summed E-state index contributed by atoms with van der Waals surface area (Å²) in [6.45, 7) is 11.2. The summed E-state index contributed by atoms with van der Waals surface area (Å²) in [5, 5.41) is 0. The summed E-state index contributed by atoms with van der Waals surface area (Å²) in [7, 11) is 0. The highest BCUT2D eigenvalue weighted by molar-refractivity contribution is 4.74. The summed E-state index contributed by atoms with van der Waals surface area (Å²) in [4.78, 5) is 2.65. The molecule has 0 fully saturated rings. The molecule has 2 nitrogen and oxygen atoms in total. The molecule has 0 aliphatic rings. The van der Waals surface area contributed by atoms with E-state index in [1.807, 2.05) is 0 Å². The van der Waals surface area contributed by atoms with Gasteiger partial charge >= 0.3 is 0 Å². The molecule has 0 saturated carbocycles. The maximum absolute atomic E-state index is 5.82. The first-order valence-electron chi connectivity index (χ1n) is 9.13. The zero-order chi connectivity index (χ0) is 15.2. The van der Waals surface area contributed by atoms with Gasteiger partial charge in [-0.3, -0.25) is 4.90 Å². The number of unbranched alkanes of at least 4 members (excludes halogenated alkanes) is 6. The van der Waals surface area contributed by atoms with Gasteiger partial charge in [0.05, 0.1) is 0 Å². The van der Waals surface area contributed by atoms with Crippen molar-refractivity contribution in [2.75, 3.05) is 13.1 Å². The van der Waals surface area contributed by atoms with E-state index in [2.05, 4.69) is 32.6 Å². The second-order valence-electron chi connectivity index (χ2n) is 6.42. The Bertz CT molecular complexity index is 176. The quantitative estimate of drug-likeness (QED) is 0.457. The third-order valence-corrected chi connectivity index (χ3v) is 4.47. The van der Waals surface area contributed by atoms with Crippen molar-refractivity contribution in [2.24, 2.45) is 5.73 Å². The smallest absolute Gasteiger partial charge is 0.0110 e. The first kappa shape index (κ1) is 19.9. The van der Waals surface area contributed by atoms with Gasteiger partial charge < -0.3 is 5.73 Å². The molecule has 2 N–H and O–H groups in total. The Morgan fingerprint density at radius 3 is 1.55 bits per heavy atom. The molecule has 0 aliphatic carbocycles. The Labute approximate surface area is 128 Å². The van der Waals surface area contributed by atoms with Crippen molar-refractivity contribution in [1.82, 2.24) is 4.90 Å². The van der Waals surface area contributed by atoms with Gasteiger partial charge in [-0.25, -0.2) is 0 Å². The maximum atomic E-state index is 5.82. The van der Waals surface area contributed by atoms with E-state index in [-0.39, 0.29) is 0 Å². The molecule has 2 heteroatoms. The molecule has 2 unspecified atom stereocenters. The second kappa shape index (κ2) is 13.9. The van der Waals surface area contributed by atoms with Gasteiger partial charge in [0.2, 0.25) is 0 Å². The van der Waals surface area contributed by atoms with E-state index in [0.717, 1.165) is 13.1 Å². The van der Waals surface area contributed by atoms with Crippen LogP contribution in [0.4, 0.5) is 0 Å². The van der Waals surface area contributed by atoms with Crippen LogP contribution in [0.15, 0.2) is 0 Å². The second-order valence-corrected chi connectivity index (χ2v) is 6.42. The zero-order valence-corrected chi connectivity index (χ0v) is 14.7. The van der Waals surface area contributed by atoms with Crippen molar-refractivity contribution in [3.8, 4) is 0 Å². The predicted molar refractivity (Wildman–Crippen MR) is 92.2 cm³/mol. The Morgan fingerprint density at radius 2 is 1.20 bits per heavy atom. The normalized spacial score (nSPS) is 14.7. The van der Waals surface area contributed by atoms with E-state index < -0.39 is 0 Å². The standard InChI is InChI=1S/C18H40N2/c1-5-7-9-11-13-17(3)20(16-15-19)18(4)14-12-10-8-6-2/h17-18H,5-16,19H2,1-4H3. The van der Waals surface area contributed by atoms with Crippen molar-refractivity contribution < 1.29 is 0 Å². The fourth-order valence-corrected chi connectivity index (χ4v) is 3.09. The van der Waals surface area contributed by atoms with Crippen molar-refractivity contribution in [1.29, 1.82) is 0 Å². The van der Waals surface area contributed by atoms with Gasteiger partial charge in [0, 0.05) is 25.2 Å². The van der Waals surface area contributed by atoms with Crippen LogP contribution < -0.4 is 5.73 Å². The lowest BCUT2D eigenvalue weighted by Crippen LogP contribution is -2.43. The van der Waals surface area contributed by atoms with E-state index in [1.54, 1.807) is 0 Å². The van der Waals surface area contributed by atoms with Crippen LogP contribution in [0.1, 0.15) is 91.9 Å². The highest BCUT2D eigenvalue weighted by Crippen LogP contribution is 2.17. The van der Waals surface area contributed by atoms with Crippen molar-refractivity contribution in [3.63, 3.8) is 0 Å². The van der Waals surface area contributed by atoms with Gasteiger partial charge in [0.15, 0.2) is 0 Å². The molecule has 0 aromatic carbocycles. The lowest BCUT2D eigenvalue weighted by Gasteiger charge is -2.34. The predicted octanol–water partition coefficient (Wildman–Crippen LogP) is 4.96. The lowest BCUT2D eigenvalue weighted by atomic mass is 10.0. The molecule has 122 valence electrons. The minimum Gasteiger partial charge on any atom is -0.329 e. The fourth-order valence-electron chi connectivity index (χ4n) is 3.09. The molecule has 0 radical (unpaired) electrons. The van der Waals surface area contributed by atoms with Gasteiger partial charge in [-0.1, -0.05) is 65.2 Å². The van der Waals surface area contributed by atoms with Gasteiger partial charge in [-0.05, 0) is 26.7 Å². The minimum atomic E-state index is 0.691. The van der Waals surface area contributed by atoms with Crippen molar-refractivity contribution in [2.45, 2.75) is 104 Å². The summed E-state index contributed by atoms with van der Waals surface area (Å²) < 4.78 is 0. The Morgan fingerprint density at radius 1 is 0.750 bits per heavy atom. The summed E-state index contributed by atoms with van der Waals surface area (Å²) in [6.07, 6.45) is 13.6.